The molecule has 1 atom stereocenters. The molecule has 1 aromatic heterocycles. The fourth-order valence-corrected chi connectivity index (χ4v) is 12.1. The lowest BCUT2D eigenvalue weighted by Crippen LogP contribution is -2.31. The molecule has 3 aliphatic carbocycles. The Morgan fingerprint density at radius 3 is 1.94 bits per heavy atom. The molecular weight excluding hydrogens is 773 g/mol. The molecule has 0 radical (unpaired) electrons. The molecule has 0 N–H and O–H groups in total. The first-order valence-electron chi connectivity index (χ1n) is 24.2. The highest BCUT2D eigenvalue weighted by Crippen LogP contribution is 2.64. The Hall–Kier alpha value is -7.94. The highest BCUT2D eigenvalue weighted by Gasteiger charge is 2.51. The second kappa shape index (κ2) is 12.8. The highest BCUT2D eigenvalue weighted by atomic mass is 15.1. The quantitative estimate of drug-likeness (QED) is 0.172. The Labute approximate surface area is 378 Å². The van der Waals surface area contributed by atoms with E-state index in [9.17, 15) is 5.48 Å². The molecule has 3 aliphatic rings. The normalized spacial score (nSPS) is 16.7. The zero-order chi connectivity index (χ0) is 45.8. The lowest BCUT2D eigenvalue weighted by molar-refractivity contribution is 0.660. The van der Waals surface area contributed by atoms with Crippen LogP contribution in [0, 0.1) is 0 Å². The maximum atomic E-state index is 10.00. The zero-order valence-corrected chi connectivity index (χ0v) is 35.4. The summed E-state index contributed by atoms with van der Waals surface area (Å²) in [4.78, 5) is 2.35. The molecule has 64 heavy (non-hydrogen) atoms. The van der Waals surface area contributed by atoms with Gasteiger partial charge in [-0.25, -0.2) is 0 Å². The van der Waals surface area contributed by atoms with E-state index >= 15 is 0 Å². The van der Waals surface area contributed by atoms with Gasteiger partial charge < -0.3 is 9.47 Å². The van der Waals surface area contributed by atoms with Crippen molar-refractivity contribution in [3.05, 3.63) is 252 Å². The lowest BCUT2D eigenvalue weighted by atomic mass is 9.61. The molecule has 14 rings (SSSR count). The molecule has 0 saturated carbocycles. The molecule has 10 aromatic carbocycles. The van der Waals surface area contributed by atoms with Gasteiger partial charge in [0.05, 0.1) is 27.6 Å². The van der Waals surface area contributed by atoms with Gasteiger partial charge >= 0.3 is 0 Å². The molecule has 0 aliphatic heterocycles. The van der Waals surface area contributed by atoms with Crippen LogP contribution in [0.4, 0.5) is 17.1 Å². The van der Waals surface area contributed by atoms with Gasteiger partial charge in [-0.05, 0) is 127 Å². The molecule has 1 unspecified atom stereocenters. The van der Waals surface area contributed by atoms with Crippen LogP contribution in [-0.2, 0) is 10.8 Å². The number of hydrogen-bond donors (Lipinski definition) is 0. The Morgan fingerprint density at radius 1 is 0.438 bits per heavy atom. The van der Waals surface area contributed by atoms with E-state index in [0.717, 1.165) is 88.7 Å². The predicted octanol–water partition coefficient (Wildman–Crippen LogP) is 16.1. The molecule has 2 nitrogen and oxygen atoms in total. The van der Waals surface area contributed by atoms with Crippen LogP contribution in [0.3, 0.4) is 0 Å². The van der Waals surface area contributed by atoms with Crippen molar-refractivity contribution < 1.29 is 5.48 Å². The van der Waals surface area contributed by atoms with Crippen LogP contribution in [0.5, 0.6) is 0 Å². The van der Waals surface area contributed by atoms with E-state index in [2.05, 4.69) is 217 Å². The fraction of sp³-hybridized carbons (Fsp3) is 0.0645. The van der Waals surface area contributed by atoms with Gasteiger partial charge in [0, 0.05) is 38.8 Å². The Morgan fingerprint density at radius 2 is 1.06 bits per heavy atom. The molecule has 1 spiro atoms. The molecule has 1 heterocycles. The minimum absolute atomic E-state index is 0.0203. The van der Waals surface area contributed by atoms with E-state index in [1.807, 2.05) is 0 Å². The van der Waals surface area contributed by atoms with Crippen molar-refractivity contribution >= 4 is 49.6 Å². The first-order valence-corrected chi connectivity index (χ1v) is 22.2. The maximum absolute atomic E-state index is 10.00. The number of anilines is 3. The summed E-state index contributed by atoms with van der Waals surface area (Å²) in [6, 6.07) is 68.7. The van der Waals surface area contributed by atoms with E-state index in [-0.39, 0.29) is 29.6 Å². The summed E-state index contributed by atoms with van der Waals surface area (Å²) in [7, 11) is 0. The topological polar surface area (TPSA) is 8.17 Å². The number of para-hydroxylation sites is 2. The van der Waals surface area contributed by atoms with E-state index in [1.165, 1.54) is 22.3 Å². The monoisotopic (exact) mass is 818 g/mol. The summed E-state index contributed by atoms with van der Waals surface area (Å²) in [5.74, 6) is 0. The van der Waals surface area contributed by atoms with Gasteiger partial charge in [0.2, 0.25) is 0 Å². The highest BCUT2D eigenvalue weighted by molar-refractivity contribution is 6.12. The molecule has 0 amide bonds. The third kappa shape index (κ3) is 4.49. The number of benzene rings is 10. The maximum Gasteiger partial charge on any atom is 0.0726 e. The Kier molecular flexibility index (Phi) is 6.37. The molecule has 0 fully saturated rings. The average molecular weight is 819 g/mol. The second-order valence-corrected chi connectivity index (χ2v) is 18.1. The van der Waals surface area contributed by atoms with Gasteiger partial charge in [0.25, 0.3) is 0 Å². The van der Waals surface area contributed by atoms with Crippen molar-refractivity contribution in [2.24, 2.45) is 0 Å². The lowest BCUT2D eigenvalue weighted by Gasteiger charge is -2.40. The van der Waals surface area contributed by atoms with E-state index in [0.29, 0.717) is 11.1 Å². The average Bonchev–Trinajstić information content (AvgIpc) is 3.96. The largest absolute Gasteiger partial charge is 0.310 e. The summed E-state index contributed by atoms with van der Waals surface area (Å²) in [6.07, 6.45) is 0. The second-order valence-electron chi connectivity index (χ2n) is 18.1. The number of hydrogen-bond acceptors (Lipinski definition) is 1. The third-order valence-electron chi connectivity index (χ3n) is 14.7. The molecule has 11 aromatic rings. The Bertz CT molecular complexity index is 4010. The van der Waals surface area contributed by atoms with Crippen LogP contribution in [0.2, 0.25) is 0 Å². The summed E-state index contributed by atoms with van der Waals surface area (Å²) < 4.78 is 40.9. The van der Waals surface area contributed by atoms with Gasteiger partial charge in [-0.2, -0.15) is 0 Å². The van der Waals surface area contributed by atoms with Gasteiger partial charge in [0.1, 0.15) is 0 Å². The predicted molar refractivity (Wildman–Crippen MR) is 267 cm³/mol. The molecule has 0 bridgehead atoms. The first kappa shape index (κ1) is 31.8. The Balaban J connectivity index is 1.12. The molecular formula is C62H42N2. The zero-order valence-electron chi connectivity index (χ0n) is 39.4. The standard InChI is InChI=1S/C62H42N2/c1-61(2)50-26-10-6-21-43(50)45-35-33-42(38-55(45)61)63(41-34-36-57-49(37-41)46-23-9-13-31-56(46)64(57)40-19-4-3-5-20-40)58-32-16-30-54-60(58)48-24-8-12-28-52(48)62(54)51-27-11-7-22-44(51)47-25-14-17-39-18-15-29-53(62)59(39)47/h3-38H,1-2H3/i8D,12D,24D,28D. The number of rotatable bonds is 4. The van der Waals surface area contributed by atoms with Gasteiger partial charge in [-0.1, -0.05) is 178 Å². The minimum atomic E-state index is -1.07. The first-order chi connectivity index (χ1) is 33.2. The van der Waals surface area contributed by atoms with E-state index in [4.69, 9.17) is 0 Å². The van der Waals surface area contributed by atoms with Crippen molar-refractivity contribution in [1.82, 2.24) is 4.57 Å². The summed E-state index contributed by atoms with van der Waals surface area (Å²) in [5.41, 5.74) is 16.8. The minimum Gasteiger partial charge on any atom is -0.310 e. The summed E-state index contributed by atoms with van der Waals surface area (Å²) in [6.45, 7) is 4.62. The van der Waals surface area contributed by atoms with E-state index < -0.39 is 5.41 Å². The molecule has 300 valence electrons. The van der Waals surface area contributed by atoms with Crippen LogP contribution < -0.4 is 4.90 Å². The van der Waals surface area contributed by atoms with Crippen LogP contribution in [0.15, 0.2) is 218 Å². The van der Waals surface area contributed by atoms with Crippen LogP contribution >= 0.6 is 0 Å². The molecule has 0 saturated heterocycles. The smallest absolute Gasteiger partial charge is 0.0726 e. The van der Waals surface area contributed by atoms with Crippen molar-refractivity contribution in [1.29, 1.82) is 0 Å². The van der Waals surface area contributed by atoms with Crippen LogP contribution in [0.25, 0.3) is 71.6 Å². The number of nitrogens with zero attached hydrogens (tertiary/aromatic N) is 2. The van der Waals surface area contributed by atoms with Crippen LogP contribution in [0.1, 0.15) is 52.7 Å². The van der Waals surface area contributed by atoms with Crippen molar-refractivity contribution in [2.75, 3.05) is 4.90 Å². The SMILES string of the molecule is [2H]c1c([2H])c([2H])c2c(c1[2H])-c1c(N(c3ccc4c(c3)C(C)(C)c3ccccc3-4)c3ccc4c(c3)c3ccccc3n4-c3ccccc3)cccc1C21c2ccccc2-c2cccc3cccc1c23. The number of aromatic nitrogens is 1. The van der Waals surface area contributed by atoms with E-state index in [1.54, 1.807) is 0 Å². The van der Waals surface area contributed by atoms with Crippen molar-refractivity contribution in [3.8, 4) is 39.1 Å². The van der Waals surface area contributed by atoms with Gasteiger partial charge in [-0.3, -0.25) is 0 Å². The molecule has 2 heteroatoms. The van der Waals surface area contributed by atoms with Crippen molar-refractivity contribution in [2.45, 2.75) is 24.7 Å². The van der Waals surface area contributed by atoms with Gasteiger partial charge in [-0.15, -0.1) is 0 Å². The fourth-order valence-electron chi connectivity index (χ4n) is 12.1. The van der Waals surface area contributed by atoms with Gasteiger partial charge in [0.15, 0.2) is 0 Å². The van der Waals surface area contributed by atoms with Crippen molar-refractivity contribution in [3.63, 3.8) is 0 Å². The number of fused-ring (bicyclic) bond motifs is 15. The summed E-state index contributed by atoms with van der Waals surface area (Å²) >= 11 is 0. The van der Waals surface area contributed by atoms with Crippen LogP contribution in [-0.4, -0.2) is 4.57 Å². The summed E-state index contributed by atoms with van der Waals surface area (Å²) in [5, 5.41) is 4.44. The third-order valence-corrected chi connectivity index (χ3v) is 14.7.